The Morgan fingerprint density at radius 3 is 2.58 bits per heavy atom. The maximum Gasteiger partial charge on any atom is 0.221 e. The zero-order chi connectivity index (χ0) is 18.6. The highest BCUT2D eigenvalue weighted by Gasteiger charge is 2.16. The Morgan fingerprint density at radius 2 is 1.81 bits per heavy atom. The molecule has 0 atom stereocenters. The van der Waals surface area contributed by atoms with E-state index in [4.69, 9.17) is 11.6 Å². The van der Waals surface area contributed by atoms with Gasteiger partial charge in [0.25, 0.3) is 0 Å². The van der Waals surface area contributed by atoms with Gasteiger partial charge >= 0.3 is 0 Å². The van der Waals surface area contributed by atoms with E-state index in [1.807, 2.05) is 12.1 Å². The molecule has 0 aliphatic heterocycles. The minimum Gasteiger partial charge on any atom is -0.356 e. The summed E-state index contributed by atoms with van der Waals surface area (Å²) >= 11 is 7.45. The second-order valence-electron chi connectivity index (χ2n) is 5.88. The van der Waals surface area contributed by atoms with Crippen LogP contribution >= 0.6 is 22.9 Å². The molecule has 0 fully saturated rings. The molecule has 0 saturated heterocycles. The van der Waals surface area contributed by atoms with Gasteiger partial charge in [-0.1, -0.05) is 29.8 Å². The first-order valence-corrected chi connectivity index (χ1v) is 11.1. The zero-order valence-corrected chi connectivity index (χ0v) is 16.3. The molecule has 3 aromatic rings. The molecule has 0 radical (unpaired) electrons. The van der Waals surface area contributed by atoms with Gasteiger partial charge in [0.05, 0.1) is 10.6 Å². The van der Waals surface area contributed by atoms with Crippen LogP contribution in [-0.4, -0.2) is 26.6 Å². The summed E-state index contributed by atoms with van der Waals surface area (Å²) in [4.78, 5) is 12.2. The molecule has 0 aliphatic carbocycles. The number of carbonyl (C=O) groups excluding carboxylic acids is 1. The van der Waals surface area contributed by atoms with Gasteiger partial charge < -0.3 is 5.32 Å². The normalized spacial score (nSPS) is 11.6. The number of hydrogen-bond acceptors (Lipinski definition) is 4. The van der Waals surface area contributed by atoms with Crippen molar-refractivity contribution in [2.45, 2.75) is 17.7 Å². The molecule has 2 aromatic carbocycles. The summed E-state index contributed by atoms with van der Waals surface area (Å²) in [7, 11) is -3.49. The minimum atomic E-state index is -3.49. The van der Waals surface area contributed by atoms with E-state index in [1.54, 1.807) is 11.3 Å². The van der Waals surface area contributed by atoms with Gasteiger partial charge in [0.1, 0.15) is 0 Å². The minimum absolute atomic E-state index is 0.0602. The standard InChI is InChI=1S/C19H18ClNO3S2/c20-15-5-7-16(8-6-15)26(23,24)12-10-19(22)21-11-9-14-13-25-18-4-2-1-3-17(14)18/h1-8,13H,9-12H2,(H,21,22). The molecule has 0 aliphatic rings. The zero-order valence-electron chi connectivity index (χ0n) is 13.9. The average Bonchev–Trinajstić information content (AvgIpc) is 3.04. The maximum atomic E-state index is 12.2. The summed E-state index contributed by atoms with van der Waals surface area (Å²) < 4.78 is 25.7. The number of benzene rings is 2. The van der Waals surface area contributed by atoms with Crippen molar-refractivity contribution in [3.05, 3.63) is 64.5 Å². The maximum absolute atomic E-state index is 12.2. The molecule has 4 nitrogen and oxygen atoms in total. The SMILES string of the molecule is O=C(CCS(=O)(=O)c1ccc(Cl)cc1)NCCc1csc2ccccc12. The molecule has 3 rings (SSSR count). The fraction of sp³-hybridized carbons (Fsp3) is 0.211. The monoisotopic (exact) mass is 407 g/mol. The summed E-state index contributed by atoms with van der Waals surface area (Å²) in [6.07, 6.45) is 0.662. The Labute approximate surface area is 161 Å². The number of carbonyl (C=O) groups is 1. The number of sulfone groups is 1. The van der Waals surface area contributed by atoms with Crippen molar-refractivity contribution in [1.29, 1.82) is 0 Å². The molecule has 1 aromatic heterocycles. The van der Waals surface area contributed by atoms with Crippen LogP contribution in [0.25, 0.3) is 10.1 Å². The quantitative estimate of drug-likeness (QED) is 0.641. The Bertz CT molecular complexity index is 1010. The number of halogens is 1. The van der Waals surface area contributed by atoms with Crippen molar-refractivity contribution in [2.75, 3.05) is 12.3 Å². The second kappa shape index (κ2) is 8.20. The van der Waals surface area contributed by atoms with Gasteiger partial charge in [-0.15, -0.1) is 11.3 Å². The van der Waals surface area contributed by atoms with E-state index in [0.717, 1.165) is 6.42 Å². The lowest BCUT2D eigenvalue weighted by Crippen LogP contribution is -2.27. The lowest BCUT2D eigenvalue weighted by molar-refractivity contribution is -0.120. The van der Waals surface area contributed by atoms with Gasteiger partial charge in [-0.25, -0.2) is 8.42 Å². The van der Waals surface area contributed by atoms with Crippen molar-refractivity contribution in [2.24, 2.45) is 0 Å². The number of hydrogen-bond donors (Lipinski definition) is 1. The summed E-state index contributed by atoms with van der Waals surface area (Å²) in [5.41, 5.74) is 1.19. The second-order valence-corrected chi connectivity index (χ2v) is 9.34. The fourth-order valence-electron chi connectivity index (χ4n) is 2.64. The Morgan fingerprint density at radius 1 is 1.08 bits per heavy atom. The molecule has 1 N–H and O–H groups in total. The predicted molar refractivity (Wildman–Crippen MR) is 107 cm³/mol. The van der Waals surface area contributed by atoms with Crippen molar-refractivity contribution >= 4 is 48.8 Å². The summed E-state index contributed by atoms with van der Waals surface area (Å²) in [6.45, 7) is 0.487. The highest BCUT2D eigenvalue weighted by atomic mass is 35.5. The van der Waals surface area contributed by atoms with Gasteiger partial charge in [0, 0.05) is 22.7 Å². The Kier molecular flexibility index (Phi) is 5.96. The van der Waals surface area contributed by atoms with Gasteiger partial charge in [-0.2, -0.15) is 0 Å². The third-order valence-electron chi connectivity index (χ3n) is 4.05. The fourth-order valence-corrected chi connectivity index (χ4v) is 5.00. The van der Waals surface area contributed by atoms with Crippen LogP contribution in [-0.2, 0) is 21.1 Å². The molecule has 7 heteroatoms. The van der Waals surface area contributed by atoms with E-state index in [0.29, 0.717) is 11.6 Å². The predicted octanol–water partition coefficient (Wildman–Crippen LogP) is 4.08. The number of fused-ring (bicyclic) bond motifs is 1. The first-order chi connectivity index (χ1) is 12.5. The van der Waals surface area contributed by atoms with Crippen LogP contribution in [0, 0.1) is 0 Å². The Hall–Kier alpha value is -1.89. The third kappa shape index (κ3) is 4.63. The van der Waals surface area contributed by atoms with Gasteiger partial charge in [-0.05, 0) is 53.1 Å². The van der Waals surface area contributed by atoms with Crippen LogP contribution in [0.15, 0.2) is 58.8 Å². The molecule has 1 heterocycles. The highest BCUT2D eigenvalue weighted by molar-refractivity contribution is 7.91. The van der Waals surface area contributed by atoms with Gasteiger partial charge in [0.15, 0.2) is 9.84 Å². The smallest absolute Gasteiger partial charge is 0.221 e. The largest absolute Gasteiger partial charge is 0.356 e. The molecule has 26 heavy (non-hydrogen) atoms. The number of thiophene rings is 1. The van der Waals surface area contributed by atoms with Crippen LogP contribution in [0.1, 0.15) is 12.0 Å². The number of amides is 1. The summed E-state index contributed by atoms with van der Waals surface area (Å²) in [6, 6.07) is 14.1. The van der Waals surface area contributed by atoms with Crippen LogP contribution < -0.4 is 5.32 Å². The number of rotatable bonds is 7. The third-order valence-corrected chi connectivity index (χ3v) is 7.04. The molecule has 0 bridgehead atoms. The van der Waals surface area contributed by atoms with Gasteiger partial charge in [-0.3, -0.25) is 4.79 Å². The van der Waals surface area contributed by atoms with Crippen molar-refractivity contribution in [3.63, 3.8) is 0 Å². The first kappa shape index (κ1) is 18.9. The van der Waals surface area contributed by atoms with Crippen molar-refractivity contribution < 1.29 is 13.2 Å². The molecular weight excluding hydrogens is 390 g/mol. The van der Waals surface area contributed by atoms with E-state index in [1.165, 1.54) is 39.9 Å². The van der Waals surface area contributed by atoms with Crippen molar-refractivity contribution in [1.82, 2.24) is 5.32 Å². The molecule has 136 valence electrons. The van der Waals surface area contributed by atoms with E-state index in [9.17, 15) is 13.2 Å². The molecular formula is C19H18ClNO3S2. The Balaban J connectivity index is 1.49. The average molecular weight is 408 g/mol. The summed E-state index contributed by atoms with van der Waals surface area (Å²) in [5.74, 6) is -0.482. The topological polar surface area (TPSA) is 63.2 Å². The molecule has 1 amide bonds. The van der Waals surface area contributed by atoms with Crippen LogP contribution in [0.3, 0.4) is 0 Å². The molecule has 0 unspecified atom stereocenters. The van der Waals surface area contributed by atoms with Gasteiger partial charge in [0.2, 0.25) is 5.91 Å². The van der Waals surface area contributed by atoms with E-state index in [2.05, 4.69) is 22.8 Å². The van der Waals surface area contributed by atoms with Crippen LogP contribution in [0.2, 0.25) is 5.02 Å². The lowest BCUT2D eigenvalue weighted by Gasteiger charge is -2.06. The van der Waals surface area contributed by atoms with Crippen LogP contribution in [0.4, 0.5) is 0 Å². The molecule has 0 spiro atoms. The van der Waals surface area contributed by atoms with Crippen molar-refractivity contribution in [3.8, 4) is 0 Å². The number of nitrogens with one attached hydrogen (secondary N) is 1. The van der Waals surface area contributed by atoms with Crippen LogP contribution in [0.5, 0.6) is 0 Å². The lowest BCUT2D eigenvalue weighted by atomic mass is 10.1. The van der Waals surface area contributed by atoms with E-state index >= 15 is 0 Å². The van der Waals surface area contributed by atoms with E-state index < -0.39 is 9.84 Å². The highest BCUT2D eigenvalue weighted by Crippen LogP contribution is 2.25. The van der Waals surface area contributed by atoms with E-state index in [-0.39, 0.29) is 23.0 Å². The first-order valence-electron chi connectivity index (χ1n) is 8.16. The molecule has 0 saturated carbocycles. The summed E-state index contributed by atoms with van der Waals surface area (Å²) in [5, 5.41) is 6.58.